The van der Waals surface area contributed by atoms with Gasteiger partial charge in [0.2, 0.25) is 0 Å². The van der Waals surface area contributed by atoms with Crippen LogP contribution in [0.15, 0.2) is 71.6 Å². The molecule has 0 aliphatic carbocycles. The van der Waals surface area contributed by atoms with Gasteiger partial charge in [0.15, 0.2) is 9.84 Å². The van der Waals surface area contributed by atoms with Gasteiger partial charge in [-0.2, -0.15) is 5.10 Å². The number of anilines is 1. The molecule has 1 saturated heterocycles. The minimum Gasteiger partial charge on any atom is -0.354 e. The van der Waals surface area contributed by atoms with E-state index in [9.17, 15) is 13.2 Å². The van der Waals surface area contributed by atoms with Gasteiger partial charge in [-0.1, -0.05) is 24.3 Å². The van der Waals surface area contributed by atoms with Crippen molar-refractivity contribution < 1.29 is 13.2 Å². The molecule has 2 N–H and O–H groups in total. The summed E-state index contributed by atoms with van der Waals surface area (Å²) in [4.78, 5) is 17.8. The number of carbonyl (C=O) groups excluding carboxylic acids is 1. The molecule has 1 amide bonds. The van der Waals surface area contributed by atoms with Gasteiger partial charge in [0.25, 0.3) is 5.91 Å². The van der Waals surface area contributed by atoms with Gasteiger partial charge in [0, 0.05) is 43.7 Å². The average Bonchev–Trinajstić information content (AvgIpc) is 3.29. The van der Waals surface area contributed by atoms with Crippen molar-refractivity contribution in [3.05, 3.63) is 83.7 Å². The predicted octanol–water partition coefficient (Wildman–Crippen LogP) is 3.56. The Balaban J connectivity index is 1.43. The Morgan fingerprint density at radius 2 is 1.58 bits per heavy atom. The van der Waals surface area contributed by atoms with E-state index in [0.717, 1.165) is 48.8 Å². The number of benzene rings is 3. The molecule has 1 aliphatic rings. The fourth-order valence-electron chi connectivity index (χ4n) is 4.63. The smallest absolute Gasteiger partial charge is 0.274 e. The Kier molecular flexibility index (Phi) is 6.77. The molecule has 4 aromatic rings. The number of rotatable bonds is 5. The van der Waals surface area contributed by atoms with E-state index in [1.165, 1.54) is 4.68 Å². The maximum absolute atomic E-state index is 13.4. The minimum absolute atomic E-state index is 0.0973. The van der Waals surface area contributed by atoms with Gasteiger partial charge in [-0.15, -0.1) is 0 Å². The van der Waals surface area contributed by atoms with Crippen LogP contribution in [0.3, 0.4) is 0 Å². The van der Waals surface area contributed by atoms with Crippen molar-refractivity contribution in [1.29, 1.82) is 5.41 Å². The molecule has 1 aliphatic heterocycles. The summed E-state index contributed by atoms with van der Waals surface area (Å²) in [6.07, 6.45) is 1.15. The molecule has 38 heavy (non-hydrogen) atoms. The summed E-state index contributed by atoms with van der Waals surface area (Å²) < 4.78 is 26.8. The largest absolute Gasteiger partial charge is 0.354 e. The molecule has 1 aromatic heterocycles. The number of aromatic nitrogens is 2. The first-order valence-electron chi connectivity index (χ1n) is 12.3. The zero-order chi connectivity index (χ0) is 27.0. The molecule has 0 bridgehead atoms. The van der Waals surface area contributed by atoms with Crippen molar-refractivity contribution >= 4 is 38.0 Å². The SMILES string of the molecule is Cc1cc(C(=O)Nc2ccc(C(=N)N3CCN(C)CC3)cc2)n(-c2cc3ccccc3cc2S(C)(=O)=O)n1. The van der Waals surface area contributed by atoms with Crippen molar-refractivity contribution in [2.45, 2.75) is 11.8 Å². The van der Waals surface area contributed by atoms with Gasteiger partial charge in [0.05, 0.1) is 16.3 Å². The second-order valence-corrected chi connectivity index (χ2v) is 11.7. The first kappa shape index (κ1) is 25.6. The van der Waals surface area contributed by atoms with Crippen LogP contribution in [0.4, 0.5) is 5.69 Å². The van der Waals surface area contributed by atoms with Crippen LogP contribution in [0.1, 0.15) is 21.7 Å². The van der Waals surface area contributed by atoms with Crippen molar-refractivity contribution in [2.75, 3.05) is 44.8 Å². The number of likely N-dealkylation sites (N-methyl/N-ethyl adjacent to an activating group) is 1. The van der Waals surface area contributed by atoms with Crippen LogP contribution in [-0.2, 0) is 9.84 Å². The number of fused-ring (bicyclic) bond motifs is 1. The van der Waals surface area contributed by atoms with Gasteiger partial charge in [0.1, 0.15) is 11.5 Å². The zero-order valence-corrected chi connectivity index (χ0v) is 22.4. The van der Waals surface area contributed by atoms with Crippen molar-refractivity contribution in [3.8, 4) is 5.69 Å². The van der Waals surface area contributed by atoms with Crippen molar-refractivity contribution in [3.63, 3.8) is 0 Å². The number of nitrogens with one attached hydrogen (secondary N) is 2. The summed E-state index contributed by atoms with van der Waals surface area (Å²) in [7, 11) is -1.53. The predicted molar refractivity (Wildman–Crippen MR) is 149 cm³/mol. The molecule has 0 spiro atoms. The van der Waals surface area contributed by atoms with E-state index < -0.39 is 15.7 Å². The first-order valence-corrected chi connectivity index (χ1v) is 14.2. The third kappa shape index (κ3) is 5.18. The molecule has 10 heteroatoms. The van der Waals surface area contributed by atoms with E-state index in [-0.39, 0.29) is 10.6 Å². The quantitative estimate of drug-likeness (QED) is 0.302. The van der Waals surface area contributed by atoms with Crippen LogP contribution in [0.5, 0.6) is 0 Å². The maximum Gasteiger partial charge on any atom is 0.274 e. The van der Waals surface area contributed by atoms with E-state index in [1.807, 2.05) is 36.4 Å². The zero-order valence-electron chi connectivity index (χ0n) is 21.6. The monoisotopic (exact) mass is 530 g/mol. The fraction of sp³-hybridized carbons (Fsp3) is 0.250. The third-order valence-corrected chi connectivity index (χ3v) is 7.88. The van der Waals surface area contributed by atoms with E-state index in [4.69, 9.17) is 5.41 Å². The molecular formula is C28H30N6O3S. The van der Waals surface area contributed by atoms with Gasteiger partial charge < -0.3 is 15.1 Å². The van der Waals surface area contributed by atoms with Gasteiger partial charge in [-0.05, 0) is 67.2 Å². The molecule has 1 fully saturated rings. The molecule has 0 atom stereocenters. The van der Waals surface area contributed by atoms with Crippen LogP contribution < -0.4 is 5.32 Å². The Hall–Kier alpha value is -4.02. The Labute approximate surface area is 222 Å². The number of sulfone groups is 1. The summed E-state index contributed by atoms with van der Waals surface area (Å²) >= 11 is 0. The molecule has 0 radical (unpaired) electrons. The van der Waals surface area contributed by atoms with Gasteiger partial charge in [-0.25, -0.2) is 13.1 Å². The Bertz CT molecular complexity index is 1640. The third-order valence-electron chi connectivity index (χ3n) is 6.75. The lowest BCUT2D eigenvalue weighted by Crippen LogP contribution is -2.47. The first-order chi connectivity index (χ1) is 18.1. The fourth-order valence-corrected chi connectivity index (χ4v) is 5.50. The minimum atomic E-state index is -3.61. The number of nitrogens with zero attached hydrogens (tertiary/aromatic N) is 4. The highest BCUT2D eigenvalue weighted by Crippen LogP contribution is 2.28. The van der Waals surface area contributed by atoms with Crippen LogP contribution in [0.25, 0.3) is 16.5 Å². The summed E-state index contributed by atoms with van der Waals surface area (Å²) in [5, 5.41) is 17.5. The van der Waals surface area contributed by atoms with E-state index in [1.54, 1.807) is 37.3 Å². The lowest BCUT2D eigenvalue weighted by molar-refractivity contribution is 0.101. The highest BCUT2D eigenvalue weighted by molar-refractivity contribution is 7.90. The molecule has 0 unspecified atom stereocenters. The summed E-state index contributed by atoms with van der Waals surface area (Å²) in [5.41, 5.74) is 2.47. The van der Waals surface area contributed by atoms with E-state index >= 15 is 0 Å². The summed E-state index contributed by atoms with van der Waals surface area (Å²) in [6.45, 7) is 5.21. The highest BCUT2D eigenvalue weighted by atomic mass is 32.2. The molecule has 196 valence electrons. The van der Waals surface area contributed by atoms with E-state index in [2.05, 4.69) is 27.3 Å². The van der Waals surface area contributed by atoms with Crippen LogP contribution in [0.2, 0.25) is 0 Å². The summed E-state index contributed by atoms with van der Waals surface area (Å²) in [5.74, 6) is 0.0504. The maximum atomic E-state index is 13.4. The summed E-state index contributed by atoms with van der Waals surface area (Å²) in [6, 6.07) is 19.6. The number of hydrogen-bond acceptors (Lipinski definition) is 6. The molecular weight excluding hydrogens is 500 g/mol. The van der Waals surface area contributed by atoms with E-state index in [0.29, 0.717) is 22.9 Å². The number of amides is 1. The topological polar surface area (TPSA) is 111 Å². The number of carbonyl (C=O) groups is 1. The molecule has 5 rings (SSSR count). The second-order valence-electron chi connectivity index (χ2n) is 9.69. The molecule has 3 aromatic carbocycles. The average molecular weight is 531 g/mol. The lowest BCUT2D eigenvalue weighted by Gasteiger charge is -2.34. The van der Waals surface area contributed by atoms with Crippen LogP contribution in [-0.4, -0.2) is 79.2 Å². The van der Waals surface area contributed by atoms with Crippen molar-refractivity contribution in [2.24, 2.45) is 0 Å². The number of amidine groups is 1. The second kappa shape index (κ2) is 10.0. The molecule has 9 nitrogen and oxygen atoms in total. The highest BCUT2D eigenvalue weighted by Gasteiger charge is 2.23. The normalized spacial score (nSPS) is 14.6. The molecule has 0 saturated carbocycles. The van der Waals surface area contributed by atoms with Crippen LogP contribution >= 0.6 is 0 Å². The Morgan fingerprint density at radius 3 is 2.21 bits per heavy atom. The lowest BCUT2D eigenvalue weighted by atomic mass is 10.1. The number of hydrogen-bond donors (Lipinski definition) is 2. The standard InChI is InChI=1S/C28H30N6O3S/c1-19-16-25(34(31-19)24-17-21-6-4-5-7-22(21)18-26(24)38(3,36)37)28(35)30-23-10-8-20(9-11-23)27(29)33-14-12-32(2)13-15-33/h4-11,16-18,29H,12-15H2,1-3H3,(H,30,35). The molecule has 2 heterocycles. The van der Waals surface area contributed by atoms with Gasteiger partial charge in [-0.3, -0.25) is 10.2 Å². The Morgan fingerprint density at radius 1 is 0.947 bits per heavy atom. The van der Waals surface area contributed by atoms with Crippen molar-refractivity contribution in [1.82, 2.24) is 19.6 Å². The number of aryl methyl sites for hydroxylation is 1. The van der Waals surface area contributed by atoms with Crippen LogP contribution in [0, 0.1) is 12.3 Å². The number of piperazine rings is 1. The van der Waals surface area contributed by atoms with Gasteiger partial charge >= 0.3 is 0 Å².